The van der Waals surface area contributed by atoms with Gasteiger partial charge in [0.15, 0.2) is 0 Å². The third-order valence-electron chi connectivity index (χ3n) is 3.49. The minimum atomic E-state index is -0.568. The molecule has 2 aromatic heterocycles. The van der Waals surface area contributed by atoms with Gasteiger partial charge in [0.05, 0.1) is 28.1 Å². The fourth-order valence-electron chi connectivity index (χ4n) is 2.32. The summed E-state index contributed by atoms with van der Waals surface area (Å²) in [4.78, 5) is 13.3. The van der Waals surface area contributed by atoms with E-state index in [0.717, 1.165) is 28.8 Å². The van der Waals surface area contributed by atoms with Gasteiger partial charge in [-0.15, -0.1) is 0 Å². The lowest BCUT2D eigenvalue weighted by molar-refractivity contribution is 0.476. The number of hydrogen-bond acceptors (Lipinski definition) is 3. The molecule has 0 radical (unpaired) electrons. The molecule has 3 aromatic rings. The van der Waals surface area contributed by atoms with Crippen LogP contribution in [-0.2, 0) is 13.1 Å². The quantitative estimate of drug-likeness (QED) is 0.691. The van der Waals surface area contributed by atoms with Crippen molar-refractivity contribution >= 4 is 11.0 Å². The Balaban J connectivity index is 1.71. The van der Waals surface area contributed by atoms with Crippen LogP contribution in [0.1, 0.15) is 29.2 Å². The molecule has 0 saturated carbocycles. The molecule has 0 fully saturated rings. The van der Waals surface area contributed by atoms with Gasteiger partial charge in [0.2, 0.25) is 0 Å². The zero-order chi connectivity index (χ0) is 16.1. The lowest BCUT2D eigenvalue weighted by Crippen LogP contribution is -1.98. The Morgan fingerprint density at radius 1 is 0.957 bits per heavy atom. The molecule has 0 aliphatic heterocycles. The molecule has 1 aromatic carbocycles. The summed E-state index contributed by atoms with van der Waals surface area (Å²) in [5, 5.41) is 0. The van der Waals surface area contributed by atoms with Gasteiger partial charge in [-0.1, -0.05) is 24.1 Å². The van der Waals surface area contributed by atoms with Gasteiger partial charge in [0.25, 0.3) is 0 Å². The summed E-state index contributed by atoms with van der Waals surface area (Å²) in [5.41, 5.74) is 4.71. The van der Waals surface area contributed by atoms with Gasteiger partial charge in [-0.3, -0.25) is 0 Å². The second-order valence-electron chi connectivity index (χ2n) is 5.19. The van der Waals surface area contributed by atoms with E-state index in [1.54, 1.807) is 18.2 Å². The van der Waals surface area contributed by atoms with Crippen molar-refractivity contribution in [3.63, 3.8) is 0 Å². The zero-order valence-electron chi connectivity index (χ0n) is 12.9. The molecule has 23 heavy (non-hydrogen) atoms. The molecule has 2 heterocycles. The zero-order valence-corrected chi connectivity index (χ0v) is 12.9. The van der Waals surface area contributed by atoms with Crippen LogP contribution in [0.4, 0.5) is 4.39 Å². The molecule has 0 saturated heterocycles. The summed E-state index contributed by atoms with van der Waals surface area (Å²) in [5.74, 6) is 6.04. The highest BCUT2D eigenvalue weighted by molar-refractivity contribution is 5.74. The number of aromatic nitrogens is 3. The van der Waals surface area contributed by atoms with Crippen molar-refractivity contribution in [2.24, 2.45) is 0 Å². The van der Waals surface area contributed by atoms with Gasteiger partial charge in [-0.25, -0.2) is 19.3 Å². The average molecular weight is 305 g/mol. The highest BCUT2D eigenvalue weighted by Gasteiger charge is 2.03. The van der Waals surface area contributed by atoms with Crippen molar-refractivity contribution in [1.82, 2.24) is 15.0 Å². The summed E-state index contributed by atoms with van der Waals surface area (Å²) in [7, 11) is 0. The number of para-hydroxylation sites is 2. The molecule has 0 aliphatic carbocycles. The van der Waals surface area contributed by atoms with Crippen molar-refractivity contribution in [1.29, 1.82) is 0 Å². The number of nitrogens with zero attached hydrogens (tertiary/aromatic N) is 3. The number of halogens is 1. The largest absolute Gasteiger partial charge is 0.250 e. The van der Waals surface area contributed by atoms with Crippen molar-refractivity contribution in [3.8, 4) is 11.8 Å². The van der Waals surface area contributed by atoms with Crippen LogP contribution in [0.25, 0.3) is 11.0 Å². The molecule has 114 valence electrons. The molecule has 0 amide bonds. The smallest absolute Gasteiger partial charge is 0.131 e. The minimum Gasteiger partial charge on any atom is -0.250 e. The van der Waals surface area contributed by atoms with E-state index in [1.165, 1.54) is 0 Å². The predicted molar refractivity (Wildman–Crippen MR) is 88.5 cm³/mol. The van der Waals surface area contributed by atoms with E-state index in [-0.39, 0.29) is 0 Å². The van der Waals surface area contributed by atoms with Gasteiger partial charge >= 0.3 is 0 Å². The molecule has 0 aliphatic rings. The topological polar surface area (TPSA) is 38.7 Å². The van der Waals surface area contributed by atoms with Crippen molar-refractivity contribution in [3.05, 3.63) is 65.2 Å². The second kappa shape index (κ2) is 6.97. The van der Waals surface area contributed by atoms with Crippen LogP contribution in [0.15, 0.2) is 42.5 Å². The lowest BCUT2D eigenvalue weighted by atomic mass is 10.2. The van der Waals surface area contributed by atoms with Crippen molar-refractivity contribution in [2.75, 3.05) is 0 Å². The fraction of sp³-hybridized carbons (Fsp3) is 0.211. The van der Waals surface area contributed by atoms with Gasteiger partial charge < -0.3 is 0 Å². The number of benzene rings is 1. The van der Waals surface area contributed by atoms with E-state index in [0.29, 0.717) is 17.8 Å². The van der Waals surface area contributed by atoms with Crippen LogP contribution in [0, 0.1) is 18.8 Å². The van der Waals surface area contributed by atoms with E-state index < -0.39 is 6.67 Å². The predicted octanol–water partition coefficient (Wildman–Crippen LogP) is 3.79. The maximum atomic E-state index is 12.6. The van der Waals surface area contributed by atoms with Crippen molar-refractivity contribution in [2.45, 2.75) is 26.4 Å². The number of alkyl halides is 1. The molecule has 3 rings (SSSR count). The summed E-state index contributed by atoms with van der Waals surface area (Å²) < 4.78 is 12.6. The van der Waals surface area contributed by atoms with Crippen LogP contribution >= 0.6 is 0 Å². The monoisotopic (exact) mass is 305 g/mol. The summed E-state index contributed by atoms with van der Waals surface area (Å²) in [6.45, 7) is 1.40. The Morgan fingerprint density at radius 3 is 2.52 bits per heavy atom. The first-order valence-corrected chi connectivity index (χ1v) is 7.49. The van der Waals surface area contributed by atoms with Crippen LogP contribution in [0.3, 0.4) is 0 Å². The maximum absolute atomic E-state index is 12.6. The summed E-state index contributed by atoms with van der Waals surface area (Å²) in [6.07, 6.45) is 1.40. The molecule has 3 nitrogen and oxygen atoms in total. The Morgan fingerprint density at radius 2 is 1.74 bits per heavy atom. The lowest BCUT2D eigenvalue weighted by Gasteiger charge is -2.04. The van der Waals surface area contributed by atoms with Crippen LogP contribution in [0.5, 0.6) is 0 Å². The van der Waals surface area contributed by atoms with Crippen LogP contribution in [-0.4, -0.2) is 15.0 Å². The SMILES string of the molecule is Cc1nc2ccccc2nc1CCC#Cc1cccc(CF)n1. The molecular formula is C19H16FN3. The van der Waals surface area contributed by atoms with Gasteiger partial charge in [-0.2, -0.15) is 0 Å². The Hall–Kier alpha value is -2.80. The Labute approximate surface area is 134 Å². The summed E-state index contributed by atoms with van der Waals surface area (Å²) >= 11 is 0. The maximum Gasteiger partial charge on any atom is 0.131 e. The van der Waals surface area contributed by atoms with Gasteiger partial charge in [-0.05, 0) is 37.1 Å². The Bertz CT molecular complexity index is 894. The summed E-state index contributed by atoms with van der Waals surface area (Å²) in [6, 6.07) is 13.0. The number of aryl methyl sites for hydroxylation is 2. The molecule has 0 spiro atoms. The number of rotatable bonds is 3. The van der Waals surface area contributed by atoms with E-state index >= 15 is 0 Å². The van der Waals surface area contributed by atoms with E-state index in [4.69, 9.17) is 0 Å². The standard InChI is InChI=1S/C19H16FN3/c1-14-17(23-19-12-5-4-11-18(19)21-14)10-3-2-7-15-8-6-9-16(13-20)22-15/h4-6,8-9,11-12H,3,10,13H2,1H3. The van der Waals surface area contributed by atoms with E-state index in [9.17, 15) is 4.39 Å². The minimum absolute atomic E-state index is 0.410. The van der Waals surface area contributed by atoms with Crippen LogP contribution < -0.4 is 0 Å². The average Bonchev–Trinajstić information content (AvgIpc) is 2.59. The molecule has 0 bridgehead atoms. The van der Waals surface area contributed by atoms with E-state index in [1.807, 2.05) is 31.2 Å². The fourth-order valence-corrected chi connectivity index (χ4v) is 2.32. The highest BCUT2D eigenvalue weighted by Crippen LogP contribution is 2.13. The molecule has 0 N–H and O–H groups in total. The Kier molecular flexibility index (Phi) is 4.58. The first-order chi connectivity index (χ1) is 11.3. The van der Waals surface area contributed by atoms with Gasteiger partial charge in [0, 0.05) is 12.8 Å². The number of fused-ring (bicyclic) bond motifs is 1. The second-order valence-corrected chi connectivity index (χ2v) is 5.19. The number of hydrogen-bond donors (Lipinski definition) is 0. The first-order valence-electron chi connectivity index (χ1n) is 7.49. The van der Waals surface area contributed by atoms with E-state index in [2.05, 4.69) is 26.8 Å². The molecule has 4 heteroatoms. The number of pyridine rings is 1. The third-order valence-corrected chi connectivity index (χ3v) is 3.49. The normalized spacial score (nSPS) is 10.3. The van der Waals surface area contributed by atoms with Crippen LogP contribution in [0.2, 0.25) is 0 Å². The first kappa shape index (κ1) is 15.1. The van der Waals surface area contributed by atoms with Gasteiger partial charge in [0.1, 0.15) is 12.4 Å². The third kappa shape index (κ3) is 3.70. The highest BCUT2D eigenvalue weighted by atomic mass is 19.1. The molecule has 0 unspecified atom stereocenters. The van der Waals surface area contributed by atoms with Crippen molar-refractivity contribution < 1.29 is 4.39 Å². The molecule has 0 atom stereocenters. The molecular weight excluding hydrogens is 289 g/mol.